The molecule has 0 N–H and O–H groups in total. The van der Waals surface area contributed by atoms with Gasteiger partial charge in [0.05, 0.1) is 5.92 Å². The highest BCUT2D eigenvalue weighted by Crippen LogP contribution is 2.35. The molecule has 2 heteroatoms. The molecule has 2 aromatic rings. The van der Waals surface area contributed by atoms with E-state index in [2.05, 4.69) is 19.1 Å². The first kappa shape index (κ1) is 15.4. The van der Waals surface area contributed by atoms with Crippen LogP contribution >= 0.6 is 0 Å². The van der Waals surface area contributed by atoms with Gasteiger partial charge in [-0.15, -0.1) is 0 Å². The second kappa shape index (κ2) is 7.19. The number of hydrogen-bond donors (Lipinski definition) is 0. The lowest BCUT2D eigenvalue weighted by molar-refractivity contribution is -0.105. The van der Waals surface area contributed by atoms with Gasteiger partial charge in [0.2, 0.25) is 0 Å². The van der Waals surface area contributed by atoms with Gasteiger partial charge in [-0.1, -0.05) is 68.0 Å². The second-order valence-corrected chi connectivity index (χ2v) is 5.69. The van der Waals surface area contributed by atoms with Crippen LogP contribution in [-0.4, -0.2) is 5.79 Å². The quantitative estimate of drug-likeness (QED) is 0.667. The predicted molar refractivity (Wildman–Crippen MR) is 93.5 cm³/mol. The van der Waals surface area contributed by atoms with Crippen molar-refractivity contribution >= 4 is 0 Å². The Morgan fingerprint density at radius 1 is 0.826 bits per heavy atom. The van der Waals surface area contributed by atoms with Crippen LogP contribution in [0.1, 0.15) is 19.8 Å². The summed E-state index contributed by atoms with van der Waals surface area (Å²) in [6, 6.07) is 19.7. The van der Waals surface area contributed by atoms with E-state index in [4.69, 9.17) is 9.47 Å². The van der Waals surface area contributed by atoms with Gasteiger partial charge in [0.25, 0.3) is 5.79 Å². The van der Waals surface area contributed by atoms with Crippen molar-refractivity contribution in [3.05, 3.63) is 85.0 Å². The summed E-state index contributed by atoms with van der Waals surface area (Å²) in [5, 5.41) is 0. The fourth-order valence-corrected chi connectivity index (χ4v) is 2.84. The molecule has 1 atom stereocenters. The first-order chi connectivity index (χ1) is 11.3. The number of ether oxygens (including phenoxy) is 2. The van der Waals surface area contributed by atoms with E-state index in [1.807, 2.05) is 72.8 Å². The Bertz CT molecular complexity index is 617. The van der Waals surface area contributed by atoms with Crippen LogP contribution in [0.2, 0.25) is 0 Å². The zero-order chi connectivity index (χ0) is 16.0. The number of allylic oxidation sites excluding steroid dienone is 2. The molecule has 0 aliphatic heterocycles. The first-order valence-electron chi connectivity index (χ1n) is 8.16. The molecule has 0 saturated carbocycles. The van der Waals surface area contributed by atoms with E-state index in [-0.39, 0.29) is 5.92 Å². The van der Waals surface area contributed by atoms with E-state index in [9.17, 15) is 0 Å². The third kappa shape index (κ3) is 3.65. The number of para-hydroxylation sites is 2. The Labute approximate surface area is 138 Å². The van der Waals surface area contributed by atoms with Gasteiger partial charge in [-0.2, -0.15) is 0 Å². The number of rotatable bonds is 6. The molecule has 0 radical (unpaired) electrons. The van der Waals surface area contributed by atoms with Crippen LogP contribution in [0.5, 0.6) is 11.5 Å². The van der Waals surface area contributed by atoms with Gasteiger partial charge in [-0.25, -0.2) is 0 Å². The summed E-state index contributed by atoms with van der Waals surface area (Å²) in [6.45, 7) is 2.18. The summed E-state index contributed by atoms with van der Waals surface area (Å²) < 4.78 is 12.7. The Morgan fingerprint density at radius 2 is 1.39 bits per heavy atom. The minimum Gasteiger partial charge on any atom is -0.448 e. The topological polar surface area (TPSA) is 18.5 Å². The zero-order valence-corrected chi connectivity index (χ0v) is 13.4. The van der Waals surface area contributed by atoms with Crippen molar-refractivity contribution in [3.63, 3.8) is 0 Å². The van der Waals surface area contributed by atoms with Crippen molar-refractivity contribution in [2.45, 2.75) is 25.6 Å². The monoisotopic (exact) mass is 306 g/mol. The van der Waals surface area contributed by atoms with E-state index in [0.717, 1.165) is 24.3 Å². The molecule has 0 amide bonds. The van der Waals surface area contributed by atoms with Crippen LogP contribution in [0.3, 0.4) is 0 Å². The van der Waals surface area contributed by atoms with Crippen molar-refractivity contribution in [2.24, 2.45) is 5.92 Å². The van der Waals surface area contributed by atoms with Crippen molar-refractivity contribution in [1.29, 1.82) is 0 Å². The summed E-state index contributed by atoms with van der Waals surface area (Å²) in [5.74, 6) is 0.972. The largest absolute Gasteiger partial charge is 0.448 e. The maximum atomic E-state index is 6.35. The second-order valence-electron chi connectivity index (χ2n) is 5.69. The minimum absolute atomic E-state index is 0.165. The van der Waals surface area contributed by atoms with Gasteiger partial charge in [-0.05, 0) is 30.7 Å². The number of benzene rings is 2. The molecule has 3 rings (SSSR count). The minimum atomic E-state index is -0.812. The summed E-state index contributed by atoms with van der Waals surface area (Å²) in [4.78, 5) is 0. The molecule has 0 saturated heterocycles. The fourth-order valence-electron chi connectivity index (χ4n) is 2.84. The molecule has 0 bridgehead atoms. The molecule has 118 valence electrons. The van der Waals surface area contributed by atoms with Gasteiger partial charge in [0.1, 0.15) is 11.5 Å². The first-order valence-corrected chi connectivity index (χ1v) is 8.16. The van der Waals surface area contributed by atoms with Crippen LogP contribution in [-0.2, 0) is 0 Å². The lowest BCUT2D eigenvalue weighted by Crippen LogP contribution is -2.48. The molecular weight excluding hydrogens is 284 g/mol. The smallest absolute Gasteiger partial charge is 0.277 e. The SMILES string of the molecule is CCCC1C=CC=CC1(Oc1ccccc1)Oc1ccccc1. The summed E-state index contributed by atoms with van der Waals surface area (Å²) >= 11 is 0. The molecule has 1 aliphatic carbocycles. The molecule has 1 unspecified atom stereocenters. The van der Waals surface area contributed by atoms with Crippen LogP contribution < -0.4 is 9.47 Å². The van der Waals surface area contributed by atoms with Gasteiger partial charge < -0.3 is 9.47 Å². The molecule has 2 aromatic carbocycles. The average Bonchev–Trinajstić information content (AvgIpc) is 2.59. The van der Waals surface area contributed by atoms with E-state index >= 15 is 0 Å². The zero-order valence-electron chi connectivity index (χ0n) is 13.4. The van der Waals surface area contributed by atoms with E-state index in [1.165, 1.54) is 0 Å². The summed E-state index contributed by atoms with van der Waals surface area (Å²) in [6.07, 6.45) is 10.3. The standard InChI is InChI=1S/C21H22O2/c1-2-11-18-12-9-10-17-21(18,22-19-13-5-3-6-14-19)23-20-15-7-4-8-16-20/h3-10,12-18H,2,11H2,1H3. The van der Waals surface area contributed by atoms with Crippen molar-refractivity contribution in [3.8, 4) is 11.5 Å². The lowest BCUT2D eigenvalue weighted by Gasteiger charge is -2.38. The normalized spacial score (nSPS) is 18.6. The molecule has 2 nitrogen and oxygen atoms in total. The van der Waals surface area contributed by atoms with Crippen LogP contribution in [0.25, 0.3) is 0 Å². The third-order valence-electron chi connectivity index (χ3n) is 3.94. The van der Waals surface area contributed by atoms with Gasteiger partial charge in [0.15, 0.2) is 0 Å². The van der Waals surface area contributed by atoms with Gasteiger partial charge in [-0.3, -0.25) is 0 Å². The molecular formula is C21H22O2. The third-order valence-corrected chi connectivity index (χ3v) is 3.94. The highest BCUT2D eigenvalue weighted by Gasteiger charge is 2.41. The number of hydrogen-bond acceptors (Lipinski definition) is 2. The molecule has 0 spiro atoms. The molecule has 1 aliphatic rings. The maximum absolute atomic E-state index is 6.35. The maximum Gasteiger partial charge on any atom is 0.277 e. The molecule has 0 heterocycles. The highest BCUT2D eigenvalue weighted by atomic mass is 16.7. The van der Waals surface area contributed by atoms with Gasteiger partial charge in [0, 0.05) is 6.08 Å². The predicted octanol–water partition coefficient (Wildman–Crippen LogP) is 5.38. The van der Waals surface area contributed by atoms with Crippen LogP contribution in [0.15, 0.2) is 85.0 Å². The van der Waals surface area contributed by atoms with Crippen LogP contribution in [0.4, 0.5) is 0 Å². The highest BCUT2D eigenvalue weighted by molar-refractivity contribution is 5.30. The lowest BCUT2D eigenvalue weighted by atomic mass is 9.89. The Kier molecular flexibility index (Phi) is 4.82. The van der Waals surface area contributed by atoms with Crippen LogP contribution in [0, 0.1) is 5.92 Å². The Morgan fingerprint density at radius 3 is 1.91 bits per heavy atom. The molecule has 23 heavy (non-hydrogen) atoms. The average molecular weight is 306 g/mol. The van der Waals surface area contributed by atoms with Gasteiger partial charge >= 0.3 is 0 Å². The Hall–Kier alpha value is -2.48. The Balaban J connectivity index is 1.94. The fraction of sp³-hybridized carbons (Fsp3) is 0.238. The molecule has 0 fully saturated rings. The van der Waals surface area contributed by atoms with Crippen molar-refractivity contribution in [1.82, 2.24) is 0 Å². The van der Waals surface area contributed by atoms with Crippen molar-refractivity contribution in [2.75, 3.05) is 0 Å². The van der Waals surface area contributed by atoms with E-state index in [1.54, 1.807) is 0 Å². The van der Waals surface area contributed by atoms with E-state index < -0.39 is 5.79 Å². The molecule has 0 aromatic heterocycles. The van der Waals surface area contributed by atoms with Crippen molar-refractivity contribution < 1.29 is 9.47 Å². The van der Waals surface area contributed by atoms with E-state index in [0.29, 0.717) is 0 Å². The summed E-state index contributed by atoms with van der Waals surface area (Å²) in [7, 11) is 0. The summed E-state index contributed by atoms with van der Waals surface area (Å²) in [5.41, 5.74) is 0.